The van der Waals surface area contributed by atoms with Crippen LogP contribution in [0.25, 0.3) is 0 Å². The standard InChI is InChI=1S/C4H2N6O6S2/c11-17(12,13)3-5-1(7-9-3)2-6-4(10-8-2)18(14,15)16/h(H,11,12,13)(H,14,15,16). The summed E-state index contributed by atoms with van der Waals surface area (Å²) in [6.45, 7) is 0. The minimum atomic E-state index is -4.64. The number of nitrogens with zero attached hydrogens (tertiary/aromatic N) is 6. The topological polar surface area (TPSA) is 183 Å². The van der Waals surface area contributed by atoms with Gasteiger partial charge in [-0.2, -0.15) is 26.8 Å². The number of amidine groups is 2. The second-order valence-corrected chi connectivity index (χ2v) is 5.42. The molecule has 2 heterocycles. The zero-order valence-corrected chi connectivity index (χ0v) is 9.66. The minimum absolute atomic E-state index is 0.468. The fourth-order valence-corrected chi connectivity index (χ4v) is 1.55. The summed E-state index contributed by atoms with van der Waals surface area (Å²) in [5.41, 5.74) is 0. The number of rotatable bonds is 0. The molecule has 0 saturated carbocycles. The second kappa shape index (κ2) is 3.80. The summed E-state index contributed by atoms with van der Waals surface area (Å²) < 4.78 is 59.8. The summed E-state index contributed by atoms with van der Waals surface area (Å²) in [6.07, 6.45) is 0. The van der Waals surface area contributed by atoms with Crippen LogP contribution < -0.4 is 0 Å². The van der Waals surface area contributed by atoms with Gasteiger partial charge >= 0.3 is 20.2 Å². The summed E-state index contributed by atoms with van der Waals surface area (Å²) in [7, 11) is -9.28. The highest BCUT2D eigenvalue weighted by Crippen LogP contribution is 2.22. The summed E-state index contributed by atoms with van der Waals surface area (Å²) in [4.78, 5) is 6.49. The first kappa shape index (κ1) is 12.6. The molecule has 0 spiro atoms. The highest BCUT2D eigenvalue weighted by molar-refractivity contribution is 8.01. The van der Waals surface area contributed by atoms with Crippen LogP contribution in [0.1, 0.15) is 0 Å². The third-order valence-electron chi connectivity index (χ3n) is 1.53. The lowest BCUT2D eigenvalue weighted by Crippen LogP contribution is -2.08. The van der Waals surface area contributed by atoms with Crippen molar-refractivity contribution < 1.29 is 25.9 Å². The summed E-state index contributed by atoms with van der Waals surface area (Å²) in [5, 5.41) is 10.5. The van der Waals surface area contributed by atoms with Gasteiger partial charge in [-0.1, -0.05) is 0 Å². The third-order valence-corrected chi connectivity index (χ3v) is 2.79. The van der Waals surface area contributed by atoms with Crippen LogP contribution >= 0.6 is 0 Å². The van der Waals surface area contributed by atoms with Crippen LogP contribution in [0.2, 0.25) is 0 Å². The van der Waals surface area contributed by atoms with Crippen molar-refractivity contribution in [2.24, 2.45) is 30.4 Å². The van der Waals surface area contributed by atoms with E-state index in [1.165, 1.54) is 0 Å². The van der Waals surface area contributed by atoms with E-state index in [0.717, 1.165) is 0 Å². The Kier molecular flexibility index (Phi) is 2.65. The van der Waals surface area contributed by atoms with E-state index in [2.05, 4.69) is 30.4 Å². The first-order valence-electron chi connectivity index (χ1n) is 3.88. The van der Waals surface area contributed by atoms with Crippen LogP contribution in [-0.2, 0) is 20.2 Å². The van der Waals surface area contributed by atoms with Crippen molar-refractivity contribution in [3.8, 4) is 0 Å². The molecule has 0 saturated heterocycles. The molecule has 0 amide bonds. The first-order chi connectivity index (χ1) is 8.18. The Bertz CT molecular complexity index is 701. The molecule has 14 heteroatoms. The zero-order chi connectivity index (χ0) is 13.6. The number of aliphatic imine (C=N–C) groups is 2. The van der Waals surface area contributed by atoms with Gasteiger partial charge in [0, 0.05) is 0 Å². The fraction of sp³-hybridized carbons (Fsp3) is 0. The van der Waals surface area contributed by atoms with Gasteiger partial charge in [-0.15, -0.1) is 20.5 Å². The van der Waals surface area contributed by atoms with E-state index >= 15 is 0 Å². The van der Waals surface area contributed by atoms with Crippen LogP contribution in [0.5, 0.6) is 0 Å². The van der Waals surface area contributed by atoms with Crippen molar-refractivity contribution in [1.82, 2.24) is 0 Å². The van der Waals surface area contributed by atoms with E-state index in [0.29, 0.717) is 0 Å². The van der Waals surface area contributed by atoms with E-state index in [-0.39, 0.29) is 0 Å². The number of hydrogen-bond acceptors (Lipinski definition) is 10. The largest absolute Gasteiger partial charge is 0.332 e. The molecule has 18 heavy (non-hydrogen) atoms. The molecule has 0 aromatic rings. The zero-order valence-electron chi connectivity index (χ0n) is 8.03. The van der Waals surface area contributed by atoms with Crippen molar-refractivity contribution in [3.63, 3.8) is 0 Å². The third kappa shape index (κ3) is 2.35. The Hall–Kier alpha value is -1.90. The molecule has 12 nitrogen and oxygen atoms in total. The van der Waals surface area contributed by atoms with Crippen LogP contribution in [0, 0.1) is 0 Å². The molecular formula is C4H2N6O6S2. The molecule has 2 aliphatic heterocycles. The molecular weight excluding hydrogens is 292 g/mol. The van der Waals surface area contributed by atoms with Crippen molar-refractivity contribution in [2.75, 3.05) is 0 Å². The molecule has 2 aliphatic rings. The Balaban J connectivity index is 2.46. The minimum Gasteiger partial charge on any atom is -0.279 e. The van der Waals surface area contributed by atoms with Gasteiger partial charge in [0.15, 0.2) is 0 Å². The van der Waals surface area contributed by atoms with Crippen LogP contribution in [-0.4, -0.2) is 36.3 Å². The lowest BCUT2D eigenvalue weighted by Gasteiger charge is -1.87. The molecule has 0 aromatic heterocycles. The van der Waals surface area contributed by atoms with E-state index in [1.54, 1.807) is 0 Å². The lowest BCUT2D eigenvalue weighted by molar-refractivity contribution is 0.495. The first-order valence-corrected chi connectivity index (χ1v) is 6.76. The molecule has 0 aromatic carbocycles. The molecule has 2 N–H and O–H groups in total. The van der Waals surface area contributed by atoms with Gasteiger partial charge in [-0.3, -0.25) is 9.11 Å². The Morgan fingerprint density at radius 3 is 1.22 bits per heavy atom. The number of azo groups is 2. The molecule has 0 bridgehead atoms. The lowest BCUT2D eigenvalue weighted by atomic mass is 10.7. The van der Waals surface area contributed by atoms with Crippen molar-refractivity contribution in [3.05, 3.63) is 11.6 Å². The maximum atomic E-state index is 10.6. The van der Waals surface area contributed by atoms with Crippen molar-refractivity contribution in [1.29, 1.82) is 0 Å². The molecule has 0 fully saturated rings. The SMILES string of the molecule is O=S(=O)(O)C1=NC(=C2N=NC(S(=O)(=O)O)=N2)N=N1. The van der Waals surface area contributed by atoms with Gasteiger partial charge in [0.1, 0.15) is 0 Å². The molecule has 0 radical (unpaired) electrons. The summed E-state index contributed by atoms with van der Waals surface area (Å²) in [5.74, 6) is -0.935. The van der Waals surface area contributed by atoms with Gasteiger partial charge in [-0.25, -0.2) is 0 Å². The van der Waals surface area contributed by atoms with Crippen LogP contribution in [0.3, 0.4) is 0 Å². The van der Waals surface area contributed by atoms with Crippen LogP contribution in [0.15, 0.2) is 42.1 Å². The summed E-state index contributed by atoms with van der Waals surface area (Å²) >= 11 is 0. The summed E-state index contributed by atoms with van der Waals surface area (Å²) in [6, 6.07) is 0. The van der Waals surface area contributed by atoms with Crippen molar-refractivity contribution >= 4 is 30.6 Å². The second-order valence-electron chi connectivity index (χ2n) is 2.79. The normalized spacial score (nSPS) is 23.4. The van der Waals surface area contributed by atoms with Crippen molar-refractivity contribution in [2.45, 2.75) is 0 Å². The predicted molar refractivity (Wildman–Crippen MR) is 54.7 cm³/mol. The Morgan fingerprint density at radius 2 is 1.00 bits per heavy atom. The monoisotopic (exact) mass is 294 g/mol. The number of hydrogen-bond donors (Lipinski definition) is 2. The van der Waals surface area contributed by atoms with Gasteiger partial charge in [0.05, 0.1) is 0 Å². The predicted octanol–water partition coefficient (Wildman–Crippen LogP) is -0.468. The van der Waals surface area contributed by atoms with E-state index in [9.17, 15) is 16.8 Å². The quantitative estimate of drug-likeness (QED) is 0.569. The van der Waals surface area contributed by atoms with Gasteiger partial charge < -0.3 is 0 Å². The van der Waals surface area contributed by atoms with Crippen LogP contribution in [0.4, 0.5) is 0 Å². The maximum absolute atomic E-state index is 10.6. The Morgan fingerprint density at radius 1 is 0.667 bits per heavy atom. The smallest absolute Gasteiger partial charge is 0.279 e. The van der Waals surface area contributed by atoms with E-state index in [1.807, 2.05) is 0 Å². The highest BCUT2D eigenvalue weighted by Gasteiger charge is 2.27. The molecule has 0 atom stereocenters. The highest BCUT2D eigenvalue weighted by atomic mass is 32.2. The molecule has 2 rings (SSSR count). The Labute approximate surface area is 99.1 Å². The molecule has 0 aliphatic carbocycles. The van der Waals surface area contributed by atoms with E-state index in [4.69, 9.17) is 9.11 Å². The molecule has 96 valence electrons. The maximum Gasteiger partial charge on any atom is 0.332 e. The fourth-order valence-electron chi connectivity index (χ4n) is 0.859. The van der Waals surface area contributed by atoms with Gasteiger partial charge in [-0.05, 0) is 0 Å². The molecule has 0 unspecified atom stereocenters. The van der Waals surface area contributed by atoms with Gasteiger partial charge in [0.25, 0.3) is 10.3 Å². The van der Waals surface area contributed by atoms with Gasteiger partial charge in [0.2, 0.25) is 11.6 Å². The average Bonchev–Trinajstić information content (AvgIpc) is 2.84. The van der Waals surface area contributed by atoms with E-state index < -0.39 is 42.2 Å². The average molecular weight is 294 g/mol.